The van der Waals surface area contributed by atoms with Crippen LogP contribution in [-0.4, -0.2) is 32.3 Å². The van der Waals surface area contributed by atoms with Gasteiger partial charge in [0.25, 0.3) is 0 Å². The van der Waals surface area contributed by atoms with Crippen LogP contribution in [0, 0.1) is 6.92 Å². The van der Waals surface area contributed by atoms with E-state index in [1.54, 1.807) is 43.3 Å². The first-order chi connectivity index (χ1) is 15.8. The van der Waals surface area contributed by atoms with Crippen LogP contribution in [0.4, 0.5) is 5.69 Å². The Kier molecular flexibility index (Phi) is 7.50. The van der Waals surface area contributed by atoms with Crippen molar-refractivity contribution in [3.8, 4) is 23.0 Å². The molecule has 0 radical (unpaired) electrons. The predicted molar refractivity (Wildman–Crippen MR) is 124 cm³/mol. The number of carbonyl (C=O) groups excluding carboxylic acids is 1. The number of hydrogen-bond acceptors (Lipinski definition) is 7. The second-order valence-corrected chi connectivity index (χ2v) is 7.65. The number of anilines is 1. The number of rotatable bonds is 8. The molecule has 0 saturated carbocycles. The molecule has 0 aliphatic rings. The summed E-state index contributed by atoms with van der Waals surface area (Å²) >= 11 is 6.00. The molecule has 1 aromatic heterocycles. The fraction of sp³-hybridized carbons (Fsp3) is 0.250. The summed E-state index contributed by atoms with van der Waals surface area (Å²) in [5.41, 5.74) is 0.173. The van der Waals surface area contributed by atoms with Gasteiger partial charge in [-0.3, -0.25) is 4.79 Å². The Morgan fingerprint density at radius 3 is 2.30 bits per heavy atom. The van der Waals surface area contributed by atoms with Crippen molar-refractivity contribution in [2.45, 2.75) is 19.3 Å². The van der Waals surface area contributed by atoms with Gasteiger partial charge >= 0.3 is 5.63 Å². The molecule has 0 fully saturated rings. The molecule has 1 amide bonds. The van der Waals surface area contributed by atoms with Crippen LogP contribution in [0.5, 0.6) is 23.0 Å². The molecule has 0 unspecified atom stereocenters. The molecule has 0 aliphatic carbocycles. The standard InChI is InChI=1S/C24H24ClNO7/c1-13-8-18(27)22(24(29)33-13)17(12-21(28)26-16-7-5-6-15(25)11-16)14-9-19(30-2)23(32-4)20(10-14)31-3/h5-11,17,27H,12H2,1-4H3,(H,26,28)/t17-/m1/s1. The number of methoxy groups -OCH3 is 3. The van der Waals surface area contributed by atoms with E-state index in [0.717, 1.165) is 0 Å². The van der Waals surface area contributed by atoms with Gasteiger partial charge in [0.05, 0.1) is 26.9 Å². The van der Waals surface area contributed by atoms with E-state index in [2.05, 4.69) is 5.32 Å². The van der Waals surface area contributed by atoms with E-state index < -0.39 is 17.5 Å². The number of aromatic hydroxyl groups is 1. The maximum absolute atomic E-state index is 12.9. The largest absolute Gasteiger partial charge is 0.507 e. The van der Waals surface area contributed by atoms with Gasteiger partial charge in [0.15, 0.2) is 11.5 Å². The van der Waals surface area contributed by atoms with Crippen molar-refractivity contribution < 1.29 is 28.5 Å². The summed E-state index contributed by atoms with van der Waals surface area (Å²) < 4.78 is 21.4. The average Bonchev–Trinajstić information content (AvgIpc) is 2.76. The monoisotopic (exact) mass is 473 g/mol. The lowest BCUT2D eigenvalue weighted by atomic mass is 9.88. The SMILES string of the molecule is COc1cc([C@@H](CC(=O)Nc2cccc(Cl)c2)c2c(O)cc(C)oc2=O)cc(OC)c1OC. The molecule has 174 valence electrons. The second kappa shape index (κ2) is 10.3. The first-order valence-electron chi connectivity index (χ1n) is 9.96. The molecule has 1 atom stereocenters. The van der Waals surface area contributed by atoms with Crippen LogP contribution in [0.3, 0.4) is 0 Å². The van der Waals surface area contributed by atoms with E-state index in [0.29, 0.717) is 33.5 Å². The van der Waals surface area contributed by atoms with Crippen LogP contribution in [-0.2, 0) is 4.79 Å². The van der Waals surface area contributed by atoms with Crippen molar-refractivity contribution >= 4 is 23.2 Å². The fourth-order valence-electron chi connectivity index (χ4n) is 3.58. The van der Waals surface area contributed by atoms with E-state index >= 15 is 0 Å². The summed E-state index contributed by atoms with van der Waals surface area (Å²) in [5, 5.41) is 13.8. The minimum absolute atomic E-state index is 0.0592. The van der Waals surface area contributed by atoms with Crippen molar-refractivity contribution in [1.29, 1.82) is 0 Å². The minimum atomic E-state index is -0.880. The maximum Gasteiger partial charge on any atom is 0.343 e. The smallest absolute Gasteiger partial charge is 0.343 e. The van der Waals surface area contributed by atoms with Crippen LogP contribution in [0.1, 0.15) is 29.2 Å². The third-order valence-electron chi connectivity index (χ3n) is 5.03. The number of hydrogen-bond donors (Lipinski definition) is 2. The highest BCUT2D eigenvalue weighted by atomic mass is 35.5. The molecule has 0 spiro atoms. The van der Waals surface area contributed by atoms with E-state index in [4.69, 9.17) is 30.2 Å². The van der Waals surface area contributed by atoms with Crippen LogP contribution in [0.25, 0.3) is 0 Å². The summed E-state index contributed by atoms with van der Waals surface area (Å²) in [6, 6.07) is 11.3. The first-order valence-corrected chi connectivity index (χ1v) is 10.3. The van der Waals surface area contributed by atoms with Crippen LogP contribution in [0.2, 0.25) is 5.02 Å². The molecular weight excluding hydrogens is 450 g/mol. The number of halogens is 1. The van der Waals surface area contributed by atoms with Crippen LogP contribution < -0.4 is 25.2 Å². The quantitative estimate of drug-likeness (QED) is 0.496. The zero-order chi connectivity index (χ0) is 24.1. The normalized spacial score (nSPS) is 11.5. The molecule has 2 N–H and O–H groups in total. The number of ether oxygens (including phenoxy) is 3. The van der Waals surface area contributed by atoms with Gasteiger partial charge in [0.1, 0.15) is 11.5 Å². The van der Waals surface area contributed by atoms with Gasteiger partial charge in [-0.15, -0.1) is 0 Å². The first kappa shape index (κ1) is 24.0. The summed E-state index contributed by atoms with van der Waals surface area (Å²) in [4.78, 5) is 25.7. The molecule has 8 nitrogen and oxygen atoms in total. The maximum atomic E-state index is 12.9. The predicted octanol–water partition coefficient (Wildman–Crippen LogP) is 4.49. The number of aryl methyl sites for hydroxylation is 1. The highest BCUT2D eigenvalue weighted by Gasteiger charge is 2.28. The van der Waals surface area contributed by atoms with E-state index in [-0.39, 0.29) is 23.5 Å². The Labute approximate surface area is 195 Å². The van der Waals surface area contributed by atoms with Gasteiger partial charge in [0, 0.05) is 29.1 Å². The number of carbonyl (C=O) groups is 1. The molecule has 33 heavy (non-hydrogen) atoms. The summed E-state index contributed by atoms with van der Waals surface area (Å²) in [7, 11) is 4.38. The van der Waals surface area contributed by atoms with Gasteiger partial charge in [-0.2, -0.15) is 0 Å². The number of nitrogens with one attached hydrogen (secondary N) is 1. The Hall–Kier alpha value is -3.65. The summed E-state index contributed by atoms with van der Waals surface area (Å²) in [6.45, 7) is 1.55. The third-order valence-corrected chi connectivity index (χ3v) is 5.26. The minimum Gasteiger partial charge on any atom is -0.507 e. The Morgan fingerprint density at radius 2 is 1.76 bits per heavy atom. The summed E-state index contributed by atoms with van der Waals surface area (Å²) in [6.07, 6.45) is -0.188. The lowest BCUT2D eigenvalue weighted by molar-refractivity contribution is -0.116. The van der Waals surface area contributed by atoms with Crippen LogP contribution in [0.15, 0.2) is 51.7 Å². The zero-order valence-electron chi connectivity index (χ0n) is 18.6. The lowest BCUT2D eigenvalue weighted by Crippen LogP contribution is -2.21. The molecular formula is C24H24ClNO7. The molecule has 3 rings (SSSR count). The van der Waals surface area contributed by atoms with Gasteiger partial charge in [-0.05, 0) is 42.8 Å². The Morgan fingerprint density at radius 1 is 1.09 bits per heavy atom. The number of amides is 1. The van der Waals surface area contributed by atoms with Crippen molar-refractivity contribution in [3.05, 3.63) is 74.8 Å². The molecule has 2 aromatic carbocycles. The third kappa shape index (κ3) is 5.40. The molecule has 0 aliphatic heterocycles. The van der Waals surface area contributed by atoms with Crippen molar-refractivity contribution in [3.63, 3.8) is 0 Å². The van der Waals surface area contributed by atoms with E-state index in [1.807, 2.05) is 0 Å². The van der Waals surface area contributed by atoms with E-state index in [9.17, 15) is 14.7 Å². The average molecular weight is 474 g/mol. The molecule has 0 bridgehead atoms. The van der Waals surface area contributed by atoms with Gasteiger partial charge in [-0.25, -0.2) is 4.79 Å². The van der Waals surface area contributed by atoms with Gasteiger partial charge in [0.2, 0.25) is 11.7 Å². The van der Waals surface area contributed by atoms with Crippen molar-refractivity contribution in [2.75, 3.05) is 26.6 Å². The van der Waals surface area contributed by atoms with Gasteiger partial charge in [-0.1, -0.05) is 17.7 Å². The van der Waals surface area contributed by atoms with E-state index in [1.165, 1.54) is 27.4 Å². The van der Waals surface area contributed by atoms with Gasteiger partial charge < -0.3 is 29.1 Å². The van der Waals surface area contributed by atoms with Crippen molar-refractivity contribution in [2.24, 2.45) is 0 Å². The number of benzene rings is 2. The summed E-state index contributed by atoms with van der Waals surface area (Å²) in [5.74, 6) is -0.298. The molecule has 9 heteroatoms. The Balaban J connectivity index is 2.11. The Bertz CT molecular complexity index is 1200. The molecule has 3 aromatic rings. The zero-order valence-corrected chi connectivity index (χ0v) is 19.4. The lowest BCUT2D eigenvalue weighted by Gasteiger charge is -2.21. The molecule has 1 heterocycles. The molecule has 0 saturated heterocycles. The topological polar surface area (TPSA) is 107 Å². The highest BCUT2D eigenvalue weighted by Crippen LogP contribution is 2.43. The second-order valence-electron chi connectivity index (χ2n) is 7.22. The fourth-order valence-corrected chi connectivity index (χ4v) is 3.77. The van der Waals surface area contributed by atoms with Crippen LogP contribution >= 0.6 is 11.6 Å². The van der Waals surface area contributed by atoms with Crippen molar-refractivity contribution in [1.82, 2.24) is 0 Å². The highest BCUT2D eigenvalue weighted by molar-refractivity contribution is 6.30.